The maximum absolute atomic E-state index is 9.00. The summed E-state index contributed by atoms with van der Waals surface area (Å²) in [6, 6.07) is 17.7. The zero-order valence-electron chi connectivity index (χ0n) is 21.5. The highest BCUT2D eigenvalue weighted by molar-refractivity contribution is 5.67. The molecule has 1 aromatic heterocycles. The minimum atomic E-state index is 0.0421. The quantitative estimate of drug-likeness (QED) is 0.525. The molecule has 184 valence electrons. The van der Waals surface area contributed by atoms with Gasteiger partial charge in [0.05, 0.1) is 12.5 Å². The van der Waals surface area contributed by atoms with Crippen LogP contribution < -0.4 is 10.2 Å². The molecular formula is C28H37N7. The topological polar surface area (TPSA) is 73.0 Å². The summed E-state index contributed by atoms with van der Waals surface area (Å²) in [7, 11) is 2.19. The Hall–Kier alpha value is -3.37. The molecule has 0 bridgehead atoms. The van der Waals surface area contributed by atoms with Crippen molar-refractivity contribution in [1.82, 2.24) is 19.7 Å². The molecule has 0 spiro atoms. The number of aromatic nitrogens is 3. The first-order valence-electron chi connectivity index (χ1n) is 12.8. The number of benzene rings is 2. The van der Waals surface area contributed by atoms with Gasteiger partial charge in [-0.3, -0.25) is 4.68 Å². The first kappa shape index (κ1) is 24.7. The van der Waals surface area contributed by atoms with Gasteiger partial charge < -0.3 is 15.1 Å². The normalized spacial score (nSPS) is 16.7. The Bertz CT molecular complexity index is 1150. The third-order valence-electron chi connectivity index (χ3n) is 7.00. The van der Waals surface area contributed by atoms with Crippen LogP contribution in [0.5, 0.6) is 0 Å². The monoisotopic (exact) mass is 471 g/mol. The van der Waals surface area contributed by atoms with Crippen LogP contribution in [0.4, 0.5) is 17.3 Å². The molecule has 1 saturated heterocycles. The van der Waals surface area contributed by atoms with Crippen molar-refractivity contribution in [2.75, 3.05) is 43.4 Å². The summed E-state index contributed by atoms with van der Waals surface area (Å²) in [6.45, 7) is 11.0. The molecule has 0 atom stereocenters. The molecule has 1 aliphatic carbocycles. The minimum Gasteiger partial charge on any atom is -0.369 e. The molecule has 2 heterocycles. The van der Waals surface area contributed by atoms with Crippen LogP contribution in [0.15, 0.2) is 48.8 Å². The smallest absolute Gasteiger partial charge is 0.246 e. The van der Waals surface area contributed by atoms with Gasteiger partial charge in [-0.15, -0.1) is 5.10 Å². The number of rotatable bonds is 7. The van der Waals surface area contributed by atoms with E-state index in [4.69, 9.17) is 5.26 Å². The highest BCUT2D eigenvalue weighted by Gasteiger charge is 2.46. The third-order valence-corrected chi connectivity index (χ3v) is 7.00. The van der Waals surface area contributed by atoms with E-state index in [2.05, 4.69) is 87.7 Å². The van der Waals surface area contributed by atoms with Gasteiger partial charge in [-0.25, -0.2) is 4.98 Å². The number of aryl methyl sites for hydroxylation is 1. The Labute approximate surface area is 209 Å². The summed E-state index contributed by atoms with van der Waals surface area (Å²) in [5.41, 5.74) is 6.07. The summed E-state index contributed by atoms with van der Waals surface area (Å²) >= 11 is 0. The lowest BCUT2D eigenvalue weighted by Gasteiger charge is -2.35. The van der Waals surface area contributed by atoms with E-state index in [0.717, 1.165) is 56.8 Å². The number of anilines is 3. The Morgan fingerprint density at radius 3 is 2.31 bits per heavy atom. The molecular weight excluding hydrogens is 434 g/mol. The Morgan fingerprint density at radius 1 is 1.00 bits per heavy atom. The number of piperazine rings is 1. The van der Waals surface area contributed by atoms with E-state index < -0.39 is 0 Å². The fraction of sp³-hybridized carbons (Fsp3) is 0.464. The van der Waals surface area contributed by atoms with Crippen molar-refractivity contribution >= 4 is 17.3 Å². The highest BCUT2D eigenvalue weighted by Crippen LogP contribution is 2.54. The van der Waals surface area contributed by atoms with E-state index in [1.807, 2.05) is 18.5 Å². The summed E-state index contributed by atoms with van der Waals surface area (Å²) in [6.07, 6.45) is 4.49. The first-order chi connectivity index (χ1) is 17.1. The van der Waals surface area contributed by atoms with Gasteiger partial charge in [0.1, 0.15) is 6.33 Å². The van der Waals surface area contributed by atoms with E-state index in [1.54, 1.807) is 6.33 Å². The Kier molecular flexibility index (Phi) is 7.72. The first-order valence-corrected chi connectivity index (χ1v) is 12.8. The van der Waals surface area contributed by atoms with E-state index in [-0.39, 0.29) is 5.41 Å². The molecule has 2 aliphatic rings. The van der Waals surface area contributed by atoms with Gasteiger partial charge in [0, 0.05) is 49.5 Å². The summed E-state index contributed by atoms with van der Waals surface area (Å²) in [4.78, 5) is 9.29. The van der Waals surface area contributed by atoms with Crippen LogP contribution in [0.25, 0.3) is 0 Å². The number of nitrogens with zero attached hydrogens (tertiary/aromatic N) is 6. The number of hydrogen-bond acceptors (Lipinski definition) is 6. The average Bonchev–Trinajstić information content (AvgIpc) is 3.59. The average molecular weight is 472 g/mol. The standard InChI is InChI=1S/C26H31N7.C2H6/c1-3-33-19-28-25(30-33)29-23-16-22(17-24(18-23)32-14-12-31(2)13-15-32)26(9-10-26)21-6-4-20(5-7-21)8-11-27;1-2/h4-7,16-19H,3,8-10,12-15H2,1-2H3,(H,29,30);1-2H3. The van der Waals surface area contributed by atoms with Gasteiger partial charge in [0.25, 0.3) is 0 Å². The second kappa shape index (κ2) is 10.9. The van der Waals surface area contributed by atoms with Crippen molar-refractivity contribution in [3.8, 4) is 6.07 Å². The van der Waals surface area contributed by atoms with E-state index in [0.29, 0.717) is 12.4 Å². The van der Waals surface area contributed by atoms with Crippen LogP contribution in [-0.4, -0.2) is 52.9 Å². The van der Waals surface area contributed by atoms with Crippen LogP contribution in [0, 0.1) is 11.3 Å². The summed E-state index contributed by atoms with van der Waals surface area (Å²) in [5.74, 6) is 0.629. The molecule has 0 radical (unpaired) electrons. The van der Waals surface area contributed by atoms with Gasteiger partial charge in [-0.05, 0) is 61.7 Å². The van der Waals surface area contributed by atoms with Crippen molar-refractivity contribution in [1.29, 1.82) is 5.26 Å². The molecule has 7 nitrogen and oxygen atoms in total. The predicted octanol–water partition coefficient (Wildman–Crippen LogP) is 4.97. The maximum Gasteiger partial charge on any atom is 0.246 e. The van der Waals surface area contributed by atoms with Gasteiger partial charge in [0.15, 0.2) is 0 Å². The third kappa shape index (κ3) is 5.49. The van der Waals surface area contributed by atoms with Gasteiger partial charge in [-0.2, -0.15) is 5.26 Å². The van der Waals surface area contributed by atoms with Crippen LogP contribution in [0.1, 0.15) is 50.3 Å². The molecule has 5 rings (SSSR count). The molecule has 35 heavy (non-hydrogen) atoms. The van der Waals surface area contributed by atoms with E-state index in [1.165, 1.54) is 16.8 Å². The molecule has 0 amide bonds. The molecule has 1 aliphatic heterocycles. The van der Waals surface area contributed by atoms with Crippen molar-refractivity contribution in [3.63, 3.8) is 0 Å². The Morgan fingerprint density at radius 2 is 1.71 bits per heavy atom. The molecule has 2 aromatic carbocycles. The number of nitriles is 1. The highest BCUT2D eigenvalue weighted by atomic mass is 15.4. The van der Waals surface area contributed by atoms with Crippen molar-refractivity contribution < 1.29 is 0 Å². The van der Waals surface area contributed by atoms with Crippen LogP contribution in [0.2, 0.25) is 0 Å². The van der Waals surface area contributed by atoms with Gasteiger partial charge in [-0.1, -0.05) is 38.1 Å². The zero-order chi connectivity index (χ0) is 24.8. The van der Waals surface area contributed by atoms with Crippen LogP contribution in [-0.2, 0) is 18.4 Å². The molecule has 1 saturated carbocycles. The SMILES string of the molecule is CC.CCn1cnc(Nc2cc(N3CCN(C)CC3)cc(C3(c4ccc(CC#N)cc4)CC3)c2)n1. The molecule has 7 heteroatoms. The van der Waals surface area contributed by atoms with Gasteiger partial charge >= 0.3 is 0 Å². The second-order valence-corrected chi connectivity index (χ2v) is 9.22. The van der Waals surface area contributed by atoms with E-state index in [9.17, 15) is 0 Å². The lowest BCUT2D eigenvalue weighted by molar-refractivity contribution is 0.313. The zero-order valence-corrected chi connectivity index (χ0v) is 21.5. The van der Waals surface area contributed by atoms with Gasteiger partial charge in [0.2, 0.25) is 5.95 Å². The second-order valence-electron chi connectivity index (χ2n) is 9.22. The summed E-state index contributed by atoms with van der Waals surface area (Å²) in [5, 5.41) is 17.0. The van der Waals surface area contributed by atoms with Crippen molar-refractivity contribution in [2.45, 2.75) is 52.0 Å². The number of nitrogens with one attached hydrogen (secondary N) is 1. The van der Waals surface area contributed by atoms with E-state index >= 15 is 0 Å². The predicted molar refractivity (Wildman–Crippen MR) is 142 cm³/mol. The molecule has 0 unspecified atom stereocenters. The fourth-order valence-electron chi connectivity index (χ4n) is 4.74. The molecule has 3 aromatic rings. The maximum atomic E-state index is 9.00. The van der Waals surface area contributed by atoms with Crippen molar-refractivity contribution in [3.05, 3.63) is 65.5 Å². The summed E-state index contributed by atoms with van der Waals surface area (Å²) < 4.78 is 1.83. The minimum absolute atomic E-state index is 0.0421. The largest absolute Gasteiger partial charge is 0.369 e. The molecule has 1 N–H and O–H groups in total. The van der Waals surface area contributed by atoms with Crippen LogP contribution >= 0.6 is 0 Å². The number of hydrogen-bond donors (Lipinski definition) is 1. The number of likely N-dealkylation sites (N-methyl/N-ethyl adjacent to an activating group) is 1. The van der Waals surface area contributed by atoms with Crippen LogP contribution in [0.3, 0.4) is 0 Å². The Balaban J connectivity index is 0.00000141. The lowest BCUT2D eigenvalue weighted by atomic mass is 9.86. The lowest BCUT2D eigenvalue weighted by Crippen LogP contribution is -2.44. The van der Waals surface area contributed by atoms with Crippen molar-refractivity contribution in [2.24, 2.45) is 0 Å². The fourth-order valence-corrected chi connectivity index (χ4v) is 4.74. The molecule has 2 fully saturated rings.